The Balaban J connectivity index is 1.94. The first-order valence-corrected chi connectivity index (χ1v) is 10.2. The number of allylic oxidation sites excluding steroid dienone is 2. The minimum Gasteiger partial charge on any atom is -0.461 e. The van der Waals surface area contributed by atoms with Crippen LogP contribution in [-0.2, 0) is 4.79 Å². The molecule has 0 N–H and O–H groups in total. The molecule has 0 saturated heterocycles. The van der Waals surface area contributed by atoms with E-state index in [1.807, 2.05) is 0 Å². The van der Waals surface area contributed by atoms with E-state index in [0.29, 0.717) is 40.8 Å². The summed E-state index contributed by atoms with van der Waals surface area (Å²) < 4.78 is 20.3. The average molecular weight is 406 g/mol. The second-order valence-corrected chi connectivity index (χ2v) is 8.32. The summed E-state index contributed by atoms with van der Waals surface area (Å²) in [6.45, 7) is 12.9. The third-order valence-electron chi connectivity index (χ3n) is 6.29. The molecule has 1 fully saturated rings. The lowest BCUT2D eigenvalue weighted by molar-refractivity contribution is -0.122. The van der Waals surface area contributed by atoms with Gasteiger partial charge in [0.05, 0.1) is 12.5 Å². The van der Waals surface area contributed by atoms with Gasteiger partial charge in [-0.25, -0.2) is 9.24 Å². The highest BCUT2D eigenvalue weighted by atomic mass is 19.1. The number of hydrogen-bond donors (Lipinski definition) is 0. The van der Waals surface area contributed by atoms with Gasteiger partial charge in [0.25, 0.3) is 0 Å². The van der Waals surface area contributed by atoms with E-state index < -0.39 is 23.1 Å². The van der Waals surface area contributed by atoms with Crippen molar-refractivity contribution in [1.29, 1.82) is 0 Å². The number of aryl methyl sites for hydroxylation is 1. The fourth-order valence-electron chi connectivity index (χ4n) is 4.63. The lowest BCUT2D eigenvalue weighted by Crippen LogP contribution is -2.34. The van der Waals surface area contributed by atoms with Crippen molar-refractivity contribution in [2.24, 2.45) is 16.8 Å². The second-order valence-electron chi connectivity index (χ2n) is 8.32. The first-order valence-electron chi connectivity index (χ1n) is 10.2. The van der Waals surface area contributed by atoms with Crippen LogP contribution in [0, 0.1) is 31.1 Å². The van der Waals surface area contributed by atoms with Crippen LogP contribution >= 0.6 is 0 Å². The van der Waals surface area contributed by atoms with Gasteiger partial charge >= 0.3 is 0 Å². The molecule has 5 nitrogen and oxygen atoms in total. The van der Waals surface area contributed by atoms with E-state index >= 15 is 0 Å². The van der Waals surface area contributed by atoms with E-state index in [2.05, 4.69) is 9.84 Å². The first kappa shape index (κ1) is 20.2. The molecule has 4 rings (SSSR count). The smallest absolute Gasteiger partial charge is 0.195 e. The van der Waals surface area contributed by atoms with Crippen LogP contribution in [0.1, 0.15) is 56.8 Å². The summed E-state index contributed by atoms with van der Waals surface area (Å²) in [5.41, 5.74) is 1.63. The Bertz CT molecular complexity index is 1210. The van der Waals surface area contributed by atoms with Crippen LogP contribution in [0.4, 0.5) is 4.39 Å². The normalized spacial score (nSPS) is 21.9. The lowest BCUT2D eigenvalue weighted by atomic mass is 9.72. The zero-order valence-corrected chi connectivity index (χ0v) is 17.3. The van der Waals surface area contributed by atoms with Crippen LogP contribution in [-0.4, -0.2) is 11.5 Å². The Morgan fingerprint density at radius 2 is 2.03 bits per heavy atom. The predicted octanol–water partition coefficient (Wildman–Crippen LogP) is 5.32. The summed E-state index contributed by atoms with van der Waals surface area (Å²) in [5, 5.41) is -0.148. The molecule has 154 valence electrons. The summed E-state index contributed by atoms with van der Waals surface area (Å²) in [6, 6.07) is 4.00. The fraction of sp³-hybridized carbons (Fsp3) is 0.417. The summed E-state index contributed by atoms with van der Waals surface area (Å²) in [4.78, 5) is 34.0. The fourth-order valence-corrected chi connectivity index (χ4v) is 4.63. The maximum Gasteiger partial charge on any atom is 0.195 e. The van der Waals surface area contributed by atoms with Gasteiger partial charge in [0, 0.05) is 29.8 Å². The molecule has 1 aliphatic heterocycles. The van der Waals surface area contributed by atoms with Crippen molar-refractivity contribution in [3.05, 3.63) is 68.4 Å². The molecule has 0 spiro atoms. The van der Waals surface area contributed by atoms with Crippen molar-refractivity contribution < 1.29 is 13.6 Å². The number of nitrogens with zero attached hydrogens (tertiary/aromatic N) is 2. The van der Waals surface area contributed by atoms with Gasteiger partial charge in [0.2, 0.25) is 0 Å². The van der Waals surface area contributed by atoms with E-state index in [9.17, 15) is 14.0 Å². The number of carbonyl (C=O) groups excluding carboxylic acids is 1. The largest absolute Gasteiger partial charge is 0.461 e. The summed E-state index contributed by atoms with van der Waals surface area (Å²) in [6.07, 6.45) is 3.66. The topological polar surface area (TPSA) is 64.0 Å². The zero-order valence-electron chi connectivity index (χ0n) is 17.3. The molecular weight excluding hydrogens is 383 g/mol. The third kappa shape index (κ3) is 3.28. The summed E-state index contributed by atoms with van der Waals surface area (Å²) in [7, 11) is 0. The highest BCUT2D eigenvalue weighted by Crippen LogP contribution is 2.44. The van der Waals surface area contributed by atoms with Crippen molar-refractivity contribution in [3.63, 3.8) is 0 Å². The van der Waals surface area contributed by atoms with Crippen LogP contribution in [0.5, 0.6) is 0 Å². The molecule has 2 atom stereocenters. The SMILES string of the molecule is [C-]#[N+]C1=C(C)N=C(C)C(C(=O)CC2CCC2)C1c1ccc(F)c2c(=O)cc(C)oc12. The Kier molecular flexibility index (Phi) is 5.15. The van der Waals surface area contributed by atoms with Gasteiger partial charge in [-0.1, -0.05) is 25.3 Å². The van der Waals surface area contributed by atoms with Gasteiger partial charge in [-0.05, 0) is 38.3 Å². The Morgan fingerprint density at radius 1 is 1.30 bits per heavy atom. The number of hydrogen-bond acceptors (Lipinski definition) is 4. The minimum atomic E-state index is -0.675. The van der Waals surface area contributed by atoms with Crippen LogP contribution in [0.15, 0.2) is 43.8 Å². The molecule has 1 aromatic carbocycles. The quantitative estimate of drug-likeness (QED) is 0.645. The standard InChI is InChI=1S/C24H23FN2O3/c1-12-10-18(28)22-17(25)9-8-16(24(22)30-12)21-20(19(29)11-15-6-5-7-15)13(2)27-14(3)23(21)26-4/h8-10,15,20-21H,5-7,11H2,1-3H3. The highest BCUT2D eigenvalue weighted by molar-refractivity contribution is 6.07. The van der Waals surface area contributed by atoms with E-state index in [4.69, 9.17) is 11.0 Å². The van der Waals surface area contributed by atoms with Crippen LogP contribution in [0.2, 0.25) is 0 Å². The maximum atomic E-state index is 14.5. The van der Waals surface area contributed by atoms with Gasteiger partial charge in [-0.3, -0.25) is 14.6 Å². The number of Topliss-reactive ketones (excluding diaryl/α,β-unsaturated/α-hetero) is 1. The molecule has 1 aliphatic carbocycles. The van der Waals surface area contributed by atoms with Gasteiger partial charge in [-0.2, -0.15) is 0 Å². The highest BCUT2D eigenvalue weighted by Gasteiger charge is 2.41. The molecule has 0 bridgehead atoms. The molecule has 2 aromatic rings. The molecule has 30 heavy (non-hydrogen) atoms. The monoisotopic (exact) mass is 406 g/mol. The average Bonchev–Trinajstić information content (AvgIpc) is 2.64. The Morgan fingerprint density at radius 3 is 2.67 bits per heavy atom. The number of rotatable bonds is 4. The molecule has 2 aliphatic rings. The van der Waals surface area contributed by atoms with Crippen molar-refractivity contribution in [2.45, 2.75) is 52.4 Å². The zero-order chi connectivity index (χ0) is 21.6. The van der Waals surface area contributed by atoms with E-state index in [1.165, 1.54) is 18.2 Å². The van der Waals surface area contributed by atoms with Crippen LogP contribution < -0.4 is 5.43 Å². The molecule has 1 aromatic heterocycles. The van der Waals surface area contributed by atoms with Crippen molar-refractivity contribution >= 4 is 22.5 Å². The Labute approximate surface area is 174 Å². The van der Waals surface area contributed by atoms with Crippen LogP contribution in [0.25, 0.3) is 15.8 Å². The number of ketones is 1. The van der Waals surface area contributed by atoms with Crippen molar-refractivity contribution in [1.82, 2.24) is 0 Å². The number of halogens is 1. The third-order valence-corrected chi connectivity index (χ3v) is 6.29. The number of aliphatic imine (C=N–C) groups is 1. The van der Waals surface area contributed by atoms with E-state index in [1.54, 1.807) is 20.8 Å². The van der Waals surface area contributed by atoms with Crippen molar-refractivity contribution in [2.75, 3.05) is 0 Å². The predicted molar refractivity (Wildman–Crippen MR) is 113 cm³/mol. The molecular formula is C24H23FN2O3. The van der Waals surface area contributed by atoms with E-state index in [-0.39, 0.29) is 16.8 Å². The lowest BCUT2D eigenvalue weighted by Gasteiger charge is -2.33. The molecule has 1 saturated carbocycles. The summed E-state index contributed by atoms with van der Waals surface area (Å²) in [5.74, 6) is -1.20. The van der Waals surface area contributed by atoms with Crippen LogP contribution in [0.3, 0.4) is 0 Å². The summed E-state index contributed by atoms with van der Waals surface area (Å²) >= 11 is 0. The van der Waals surface area contributed by atoms with Gasteiger partial charge in [-0.15, -0.1) is 0 Å². The van der Waals surface area contributed by atoms with Gasteiger partial charge in [0.15, 0.2) is 11.1 Å². The van der Waals surface area contributed by atoms with Gasteiger partial charge < -0.3 is 4.42 Å². The molecule has 2 unspecified atom stereocenters. The number of carbonyl (C=O) groups is 1. The Hall–Kier alpha value is -3.07. The minimum absolute atomic E-state index is 0.0343. The first-order chi connectivity index (χ1) is 14.3. The van der Waals surface area contributed by atoms with E-state index in [0.717, 1.165) is 19.3 Å². The number of benzene rings is 1. The number of fused-ring (bicyclic) bond motifs is 1. The molecule has 0 amide bonds. The second kappa shape index (κ2) is 7.64. The molecule has 2 heterocycles. The molecule has 6 heteroatoms. The van der Waals surface area contributed by atoms with Crippen molar-refractivity contribution in [3.8, 4) is 0 Å². The molecule has 0 radical (unpaired) electrons. The maximum absolute atomic E-state index is 14.5. The van der Waals surface area contributed by atoms with Gasteiger partial charge in [0.1, 0.15) is 28.3 Å².